The summed E-state index contributed by atoms with van der Waals surface area (Å²) in [5.41, 5.74) is 7.55. The minimum Gasteiger partial charge on any atom is -0.399 e. The minimum absolute atomic E-state index is 0.0206. The van der Waals surface area contributed by atoms with Crippen LogP contribution in [-0.2, 0) is 17.5 Å². The van der Waals surface area contributed by atoms with Crippen LogP contribution >= 0.6 is 0 Å². The van der Waals surface area contributed by atoms with Gasteiger partial charge in [-0.3, -0.25) is 14.7 Å². The van der Waals surface area contributed by atoms with Crippen molar-refractivity contribution in [2.45, 2.75) is 38.4 Å². The average molecular weight is 474 g/mol. The van der Waals surface area contributed by atoms with Crippen molar-refractivity contribution in [2.75, 3.05) is 31.9 Å². The lowest BCUT2D eigenvalue weighted by molar-refractivity contribution is -0.141. The van der Waals surface area contributed by atoms with E-state index in [0.717, 1.165) is 50.4 Å². The van der Waals surface area contributed by atoms with Crippen molar-refractivity contribution in [3.8, 4) is 0 Å². The number of nitrogens with one attached hydrogen (secondary N) is 1. The molecule has 3 N–H and O–H groups in total. The molecule has 0 unspecified atom stereocenters. The zero-order valence-electron chi connectivity index (χ0n) is 19.0. The fourth-order valence-electron chi connectivity index (χ4n) is 4.89. The first-order valence-electron chi connectivity index (χ1n) is 11.7. The highest BCUT2D eigenvalue weighted by Crippen LogP contribution is 2.29. The van der Waals surface area contributed by atoms with E-state index < -0.39 is 11.9 Å². The number of hydrogen-bond acceptors (Lipinski definition) is 5. The first-order valence-corrected chi connectivity index (χ1v) is 11.7. The number of anilines is 1. The lowest BCUT2D eigenvalue weighted by atomic mass is 9.87. The topological polar surface area (TPSA) is 86.3 Å². The van der Waals surface area contributed by atoms with Crippen LogP contribution in [0.5, 0.6) is 0 Å². The number of hydrogen-bond donors (Lipinski definition) is 2. The van der Waals surface area contributed by atoms with E-state index in [4.69, 9.17) is 11.1 Å². The second kappa shape index (κ2) is 10.1. The molecule has 34 heavy (non-hydrogen) atoms. The number of benzene rings is 1. The van der Waals surface area contributed by atoms with E-state index in [9.17, 15) is 18.0 Å². The van der Waals surface area contributed by atoms with E-state index in [0.29, 0.717) is 37.2 Å². The van der Waals surface area contributed by atoms with Gasteiger partial charge in [-0.1, -0.05) is 12.1 Å². The first kappa shape index (κ1) is 24.2. The number of carbonyl (C=O) groups excluding carboxylic acids is 1. The molecule has 0 atom stereocenters. The standard InChI is InChI=1S/C25H30F3N5O/c26-25(27,28)22-5-4-20(15-31-22)23(30)18-8-12-33(13-9-18)24(34)19-6-10-32(11-7-19)16-17-2-1-3-21(29)14-17/h1-5,14-15,18-19,30H,6-13,16,29H2. The second-order valence-electron chi connectivity index (χ2n) is 9.24. The number of rotatable bonds is 5. The third kappa shape index (κ3) is 5.75. The Morgan fingerprint density at radius 2 is 1.71 bits per heavy atom. The van der Waals surface area contributed by atoms with Crippen LogP contribution in [0.15, 0.2) is 42.6 Å². The third-order valence-electron chi connectivity index (χ3n) is 6.87. The van der Waals surface area contributed by atoms with Gasteiger partial charge in [-0.15, -0.1) is 0 Å². The van der Waals surface area contributed by atoms with Crippen molar-refractivity contribution in [2.24, 2.45) is 11.8 Å². The molecule has 2 saturated heterocycles. The van der Waals surface area contributed by atoms with E-state index in [1.807, 2.05) is 23.1 Å². The van der Waals surface area contributed by atoms with Crippen molar-refractivity contribution in [3.05, 3.63) is 59.4 Å². The number of likely N-dealkylation sites (tertiary alicyclic amines) is 2. The summed E-state index contributed by atoms with van der Waals surface area (Å²) < 4.78 is 38.2. The predicted octanol–water partition coefficient (Wildman–Crippen LogP) is 4.20. The molecule has 0 spiro atoms. The van der Waals surface area contributed by atoms with Gasteiger partial charge in [0.05, 0.1) is 0 Å². The van der Waals surface area contributed by atoms with Crippen molar-refractivity contribution in [1.29, 1.82) is 5.41 Å². The monoisotopic (exact) mass is 473 g/mol. The number of halogens is 3. The first-order chi connectivity index (χ1) is 16.2. The minimum atomic E-state index is -4.49. The van der Waals surface area contributed by atoms with Crippen LogP contribution in [0.2, 0.25) is 0 Å². The Kier molecular flexibility index (Phi) is 7.21. The summed E-state index contributed by atoms with van der Waals surface area (Å²) in [5, 5.41) is 8.41. The zero-order valence-corrected chi connectivity index (χ0v) is 19.0. The van der Waals surface area contributed by atoms with Crippen LogP contribution < -0.4 is 5.73 Å². The van der Waals surface area contributed by atoms with Crippen LogP contribution in [0, 0.1) is 17.2 Å². The highest BCUT2D eigenvalue weighted by molar-refractivity contribution is 5.99. The Hall–Kier alpha value is -2.94. The summed E-state index contributed by atoms with van der Waals surface area (Å²) in [5.74, 6) is 0.125. The van der Waals surface area contributed by atoms with Gasteiger partial charge in [0.15, 0.2) is 0 Å². The van der Waals surface area contributed by atoms with E-state index in [1.165, 1.54) is 11.6 Å². The van der Waals surface area contributed by atoms with Crippen molar-refractivity contribution in [3.63, 3.8) is 0 Å². The van der Waals surface area contributed by atoms with Crippen LogP contribution in [0.1, 0.15) is 42.5 Å². The molecule has 182 valence electrons. The number of nitrogens with two attached hydrogens (primary N) is 1. The maximum absolute atomic E-state index is 13.1. The maximum Gasteiger partial charge on any atom is 0.433 e. The summed E-state index contributed by atoms with van der Waals surface area (Å²) in [4.78, 5) is 20.8. The summed E-state index contributed by atoms with van der Waals surface area (Å²) in [6.45, 7) is 3.71. The highest BCUT2D eigenvalue weighted by atomic mass is 19.4. The molecular weight excluding hydrogens is 443 g/mol. The number of pyridine rings is 1. The summed E-state index contributed by atoms with van der Waals surface area (Å²) in [6.07, 6.45) is -0.430. The Bertz CT molecular complexity index is 1010. The molecule has 2 aliphatic heterocycles. The fourth-order valence-corrected chi connectivity index (χ4v) is 4.89. The molecule has 0 saturated carbocycles. The lowest BCUT2D eigenvalue weighted by Gasteiger charge is -2.37. The van der Waals surface area contributed by atoms with Crippen LogP contribution in [0.4, 0.5) is 18.9 Å². The van der Waals surface area contributed by atoms with Gasteiger partial charge in [-0.2, -0.15) is 13.2 Å². The SMILES string of the molecule is N=C(c1ccc(C(F)(F)F)nc1)C1CCN(C(=O)C2CCN(Cc3cccc(N)c3)CC2)CC1. The molecule has 0 aliphatic carbocycles. The lowest BCUT2D eigenvalue weighted by Crippen LogP contribution is -2.46. The van der Waals surface area contributed by atoms with Gasteiger partial charge in [0.1, 0.15) is 5.69 Å². The zero-order chi connectivity index (χ0) is 24.3. The molecule has 2 fully saturated rings. The Balaban J connectivity index is 1.24. The number of nitrogens with zero attached hydrogens (tertiary/aromatic N) is 3. The molecule has 9 heteroatoms. The van der Waals surface area contributed by atoms with Gasteiger partial charge >= 0.3 is 6.18 Å². The van der Waals surface area contributed by atoms with E-state index >= 15 is 0 Å². The molecule has 1 amide bonds. The molecule has 1 aromatic heterocycles. The molecule has 4 rings (SSSR count). The summed E-state index contributed by atoms with van der Waals surface area (Å²) in [7, 11) is 0. The Labute approximate surface area is 197 Å². The van der Waals surface area contributed by atoms with Crippen molar-refractivity contribution < 1.29 is 18.0 Å². The van der Waals surface area contributed by atoms with Crippen LogP contribution in [0.3, 0.4) is 0 Å². The highest BCUT2D eigenvalue weighted by Gasteiger charge is 2.34. The quantitative estimate of drug-likeness (QED) is 0.503. The maximum atomic E-state index is 13.1. The number of aromatic nitrogens is 1. The second-order valence-corrected chi connectivity index (χ2v) is 9.24. The third-order valence-corrected chi connectivity index (χ3v) is 6.87. The van der Waals surface area contributed by atoms with Gasteiger partial charge in [0, 0.05) is 54.6 Å². The predicted molar refractivity (Wildman–Crippen MR) is 124 cm³/mol. The fraction of sp³-hybridized carbons (Fsp3) is 0.480. The molecule has 0 radical (unpaired) electrons. The van der Waals surface area contributed by atoms with Crippen molar-refractivity contribution >= 4 is 17.3 Å². The van der Waals surface area contributed by atoms with Crippen LogP contribution in [0.25, 0.3) is 0 Å². The Morgan fingerprint density at radius 1 is 1.03 bits per heavy atom. The molecule has 6 nitrogen and oxygen atoms in total. The average Bonchev–Trinajstić information content (AvgIpc) is 2.83. The molecule has 0 bridgehead atoms. The molecule has 2 aliphatic rings. The van der Waals surface area contributed by atoms with E-state index in [2.05, 4.69) is 16.0 Å². The number of alkyl halides is 3. The number of amides is 1. The largest absolute Gasteiger partial charge is 0.433 e. The van der Waals surface area contributed by atoms with Gasteiger partial charge in [-0.05, 0) is 68.6 Å². The number of nitrogen functional groups attached to an aromatic ring is 1. The van der Waals surface area contributed by atoms with Gasteiger partial charge in [0.2, 0.25) is 5.91 Å². The molecule has 2 aromatic rings. The molecule has 1 aromatic carbocycles. The van der Waals surface area contributed by atoms with Crippen LogP contribution in [-0.4, -0.2) is 52.6 Å². The van der Waals surface area contributed by atoms with Crippen molar-refractivity contribution in [1.82, 2.24) is 14.8 Å². The smallest absolute Gasteiger partial charge is 0.399 e. The number of carbonyl (C=O) groups is 1. The normalized spacial score (nSPS) is 18.7. The van der Waals surface area contributed by atoms with Gasteiger partial charge in [-0.25, -0.2) is 0 Å². The van der Waals surface area contributed by atoms with Gasteiger partial charge in [0.25, 0.3) is 0 Å². The van der Waals surface area contributed by atoms with E-state index in [1.54, 1.807) is 0 Å². The number of piperidine rings is 2. The van der Waals surface area contributed by atoms with E-state index in [-0.39, 0.29) is 17.7 Å². The summed E-state index contributed by atoms with van der Waals surface area (Å²) >= 11 is 0. The summed E-state index contributed by atoms with van der Waals surface area (Å²) in [6, 6.07) is 10.1. The molecule has 3 heterocycles. The van der Waals surface area contributed by atoms with Gasteiger partial charge < -0.3 is 16.0 Å². The molecular formula is C25H30F3N5O. The Morgan fingerprint density at radius 3 is 2.29 bits per heavy atom.